The van der Waals surface area contributed by atoms with Gasteiger partial charge < -0.3 is 9.73 Å². The zero-order valence-corrected chi connectivity index (χ0v) is 9.53. The number of hydrogen-bond acceptors (Lipinski definition) is 3. The lowest BCUT2D eigenvalue weighted by Crippen LogP contribution is -2.13. The third kappa shape index (κ3) is 5.19. The zero-order chi connectivity index (χ0) is 11.8. The molecule has 1 rings (SSSR count). The van der Waals surface area contributed by atoms with Crippen LogP contribution in [0.4, 0.5) is 8.78 Å². The van der Waals surface area contributed by atoms with Crippen LogP contribution >= 0.6 is 11.8 Å². The van der Waals surface area contributed by atoms with Gasteiger partial charge in [0.2, 0.25) is 0 Å². The molecule has 1 aromatic heterocycles. The minimum absolute atomic E-state index is 0.196. The van der Waals surface area contributed by atoms with Crippen LogP contribution in [0.5, 0.6) is 0 Å². The Balaban J connectivity index is 2.26. The van der Waals surface area contributed by atoms with Gasteiger partial charge in [0.25, 0.3) is 5.76 Å². The molecule has 1 aromatic rings. The quantitative estimate of drug-likeness (QED) is 0.590. The molecule has 5 heteroatoms. The molecular weight excluding hydrogens is 232 g/mol. The van der Waals surface area contributed by atoms with E-state index in [4.69, 9.17) is 10.8 Å². The van der Waals surface area contributed by atoms with Gasteiger partial charge in [-0.1, -0.05) is 11.8 Å². The van der Waals surface area contributed by atoms with E-state index in [2.05, 4.69) is 11.2 Å². The van der Waals surface area contributed by atoms with Crippen LogP contribution in [0.15, 0.2) is 16.5 Å². The Labute approximate surface area is 97.8 Å². The average molecular weight is 245 g/mol. The van der Waals surface area contributed by atoms with Crippen molar-refractivity contribution in [1.82, 2.24) is 5.32 Å². The van der Waals surface area contributed by atoms with E-state index in [1.54, 1.807) is 12.1 Å². The Bertz CT molecular complexity index is 346. The minimum atomic E-state index is -2.36. The van der Waals surface area contributed by atoms with Crippen molar-refractivity contribution in [3.05, 3.63) is 23.7 Å². The van der Waals surface area contributed by atoms with Gasteiger partial charge in [0.05, 0.1) is 12.3 Å². The smallest absolute Gasteiger partial charge is 0.284 e. The highest BCUT2D eigenvalue weighted by Crippen LogP contribution is 2.21. The second-order valence-electron chi connectivity index (χ2n) is 3.07. The molecule has 0 bridgehead atoms. The second kappa shape index (κ2) is 7.31. The van der Waals surface area contributed by atoms with E-state index in [-0.39, 0.29) is 5.75 Å². The second-order valence-corrected chi connectivity index (χ2v) is 4.05. The molecule has 0 spiro atoms. The Kier molecular flexibility index (Phi) is 5.98. The molecular formula is C11H13F2NOS. The van der Waals surface area contributed by atoms with Crippen molar-refractivity contribution in [3.63, 3.8) is 0 Å². The van der Waals surface area contributed by atoms with Crippen LogP contribution in [0, 0.1) is 12.3 Å². The van der Waals surface area contributed by atoms with Crippen molar-refractivity contribution < 1.29 is 13.2 Å². The fraction of sp³-hybridized carbons (Fsp3) is 0.455. The van der Waals surface area contributed by atoms with Crippen LogP contribution in [-0.2, 0) is 12.3 Å². The summed E-state index contributed by atoms with van der Waals surface area (Å²) in [6.45, 7) is 1.29. The van der Waals surface area contributed by atoms with Crippen molar-refractivity contribution in [2.75, 3.05) is 6.54 Å². The van der Waals surface area contributed by atoms with Crippen molar-refractivity contribution in [3.8, 4) is 12.3 Å². The molecule has 0 radical (unpaired) electrons. The Hall–Kier alpha value is -0.990. The van der Waals surface area contributed by atoms with E-state index in [1.165, 1.54) is 0 Å². The number of hydrogen-bond donors (Lipinski definition) is 1. The maximum absolute atomic E-state index is 11.9. The summed E-state index contributed by atoms with van der Waals surface area (Å²) in [5.74, 6) is 1.66. The van der Waals surface area contributed by atoms with Crippen molar-refractivity contribution in [1.29, 1.82) is 0 Å². The Morgan fingerprint density at radius 1 is 1.44 bits per heavy atom. The molecule has 1 heterocycles. The molecule has 0 fully saturated rings. The molecule has 0 saturated heterocycles. The average Bonchev–Trinajstić information content (AvgIpc) is 2.70. The first-order valence-electron chi connectivity index (χ1n) is 4.84. The number of nitrogens with one attached hydrogen (secondary N) is 1. The highest BCUT2D eigenvalue weighted by Gasteiger charge is 2.06. The number of terminal acetylenes is 1. The Morgan fingerprint density at radius 3 is 2.88 bits per heavy atom. The molecule has 1 N–H and O–H groups in total. The van der Waals surface area contributed by atoms with E-state index in [0.717, 1.165) is 12.3 Å². The fourth-order valence-corrected chi connectivity index (χ4v) is 1.56. The summed E-state index contributed by atoms with van der Waals surface area (Å²) < 4.78 is 29.2. The third-order valence-electron chi connectivity index (χ3n) is 1.81. The lowest BCUT2D eigenvalue weighted by atomic mass is 10.4. The van der Waals surface area contributed by atoms with Crippen LogP contribution < -0.4 is 5.32 Å². The third-order valence-corrected chi connectivity index (χ3v) is 2.52. The molecule has 0 aliphatic heterocycles. The monoisotopic (exact) mass is 245 g/mol. The molecule has 88 valence electrons. The zero-order valence-electron chi connectivity index (χ0n) is 8.71. The van der Waals surface area contributed by atoms with Gasteiger partial charge in [0.1, 0.15) is 11.5 Å². The summed E-state index contributed by atoms with van der Waals surface area (Å²) in [7, 11) is 0. The SMILES string of the molecule is C#CCCNCc1ccc(CSC(F)F)o1. The van der Waals surface area contributed by atoms with Crippen LogP contribution in [0.1, 0.15) is 17.9 Å². The van der Waals surface area contributed by atoms with Crippen LogP contribution in [0.3, 0.4) is 0 Å². The molecule has 0 aliphatic carbocycles. The minimum Gasteiger partial charge on any atom is -0.464 e. The van der Waals surface area contributed by atoms with E-state index in [9.17, 15) is 8.78 Å². The van der Waals surface area contributed by atoms with Gasteiger partial charge in [-0.15, -0.1) is 12.3 Å². The van der Waals surface area contributed by atoms with E-state index in [1.807, 2.05) is 0 Å². The molecule has 0 aliphatic rings. The first-order valence-corrected chi connectivity index (χ1v) is 5.88. The number of alkyl halides is 2. The molecule has 16 heavy (non-hydrogen) atoms. The number of thioether (sulfide) groups is 1. The number of rotatable bonds is 7. The molecule has 2 nitrogen and oxygen atoms in total. The summed E-state index contributed by atoms with van der Waals surface area (Å²) in [6.07, 6.45) is 5.75. The van der Waals surface area contributed by atoms with E-state index in [0.29, 0.717) is 30.5 Å². The van der Waals surface area contributed by atoms with E-state index < -0.39 is 5.76 Å². The molecule has 0 saturated carbocycles. The number of furan rings is 1. The lowest BCUT2D eigenvalue weighted by Gasteiger charge is -1.99. The molecule has 0 aromatic carbocycles. The normalized spacial score (nSPS) is 10.6. The standard InChI is InChI=1S/C11H13F2NOS/c1-2-3-6-14-7-9-4-5-10(15-9)8-16-11(12)13/h1,4-5,11,14H,3,6-8H2. The molecule has 0 atom stereocenters. The summed E-state index contributed by atoms with van der Waals surface area (Å²) >= 11 is 0.556. The van der Waals surface area contributed by atoms with Crippen LogP contribution in [0.2, 0.25) is 0 Å². The summed E-state index contributed by atoms with van der Waals surface area (Å²) in [6, 6.07) is 3.50. The fourth-order valence-electron chi connectivity index (χ4n) is 1.11. The predicted molar refractivity (Wildman–Crippen MR) is 61.2 cm³/mol. The maximum Gasteiger partial charge on any atom is 0.284 e. The van der Waals surface area contributed by atoms with Gasteiger partial charge in [-0.3, -0.25) is 0 Å². The summed E-state index contributed by atoms with van der Waals surface area (Å²) in [5, 5.41) is 3.09. The highest BCUT2D eigenvalue weighted by molar-refractivity contribution is 7.98. The van der Waals surface area contributed by atoms with Gasteiger partial charge in [-0.25, -0.2) is 0 Å². The van der Waals surface area contributed by atoms with Crippen molar-refractivity contribution >= 4 is 11.8 Å². The topological polar surface area (TPSA) is 25.2 Å². The van der Waals surface area contributed by atoms with Gasteiger partial charge in [-0.2, -0.15) is 8.78 Å². The van der Waals surface area contributed by atoms with Gasteiger partial charge in [-0.05, 0) is 12.1 Å². The maximum atomic E-state index is 11.9. The highest BCUT2D eigenvalue weighted by atomic mass is 32.2. The predicted octanol–water partition coefficient (Wildman–Crippen LogP) is 2.85. The van der Waals surface area contributed by atoms with Crippen LogP contribution in [-0.4, -0.2) is 12.3 Å². The first kappa shape index (κ1) is 13.1. The van der Waals surface area contributed by atoms with Crippen molar-refractivity contribution in [2.24, 2.45) is 0 Å². The van der Waals surface area contributed by atoms with Gasteiger partial charge >= 0.3 is 0 Å². The van der Waals surface area contributed by atoms with Crippen LogP contribution in [0.25, 0.3) is 0 Å². The molecule has 0 unspecified atom stereocenters. The van der Waals surface area contributed by atoms with E-state index >= 15 is 0 Å². The first-order chi connectivity index (χ1) is 7.72. The molecule has 0 amide bonds. The van der Waals surface area contributed by atoms with Gasteiger partial charge in [0.15, 0.2) is 0 Å². The van der Waals surface area contributed by atoms with Gasteiger partial charge in [0, 0.05) is 13.0 Å². The lowest BCUT2D eigenvalue weighted by molar-refractivity contribution is 0.251. The Morgan fingerprint density at radius 2 is 2.19 bits per heavy atom. The van der Waals surface area contributed by atoms with Crippen molar-refractivity contribution in [2.45, 2.75) is 24.5 Å². The number of halogens is 2. The largest absolute Gasteiger partial charge is 0.464 e. The summed E-state index contributed by atoms with van der Waals surface area (Å²) in [5.41, 5.74) is 0. The summed E-state index contributed by atoms with van der Waals surface area (Å²) in [4.78, 5) is 0.